The quantitative estimate of drug-likeness (QED) is 0.757. The van der Waals surface area contributed by atoms with Crippen LogP contribution in [-0.2, 0) is 0 Å². The first-order valence-electron chi connectivity index (χ1n) is 6.28. The molecule has 1 aromatic rings. The Morgan fingerprint density at radius 1 is 1.29 bits per heavy atom. The lowest BCUT2D eigenvalue weighted by Gasteiger charge is -2.19. The molecule has 0 amide bonds. The molecule has 2 atom stereocenters. The largest absolute Gasteiger partial charge is 0.310 e. The van der Waals surface area contributed by atoms with Gasteiger partial charge in [-0.2, -0.15) is 0 Å². The van der Waals surface area contributed by atoms with Gasteiger partial charge in [-0.15, -0.1) is 11.8 Å². The van der Waals surface area contributed by atoms with Gasteiger partial charge in [0, 0.05) is 16.2 Å². The monoisotopic (exact) mass is 255 g/mol. The molecule has 1 nitrogen and oxygen atoms in total. The van der Waals surface area contributed by atoms with Gasteiger partial charge < -0.3 is 5.32 Å². The van der Waals surface area contributed by atoms with Gasteiger partial charge in [-0.3, -0.25) is 0 Å². The number of hydrogen-bond acceptors (Lipinski definition) is 2. The number of hydrogen-bond donors (Lipinski definition) is 1. The van der Waals surface area contributed by atoms with E-state index in [0.717, 1.165) is 23.4 Å². The van der Waals surface area contributed by atoms with E-state index >= 15 is 0 Å². The number of benzene rings is 1. The van der Waals surface area contributed by atoms with E-state index in [0.29, 0.717) is 5.25 Å². The van der Waals surface area contributed by atoms with Gasteiger partial charge in [-0.05, 0) is 31.5 Å². The Bertz CT molecular complexity index is 354. The van der Waals surface area contributed by atoms with Crippen LogP contribution in [0.2, 0.25) is 0 Å². The molecular weight excluding hydrogens is 233 g/mol. The van der Waals surface area contributed by atoms with E-state index in [2.05, 4.69) is 33.0 Å². The Labute approximate surface area is 108 Å². The van der Waals surface area contributed by atoms with Gasteiger partial charge in [0.15, 0.2) is 0 Å². The summed E-state index contributed by atoms with van der Waals surface area (Å²) in [7, 11) is 0. The Kier molecular flexibility index (Phi) is 6.00. The Morgan fingerprint density at radius 2 is 2.00 bits per heavy atom. The zero-order chi connectivity index (χ0) is 12.8. The van der Waals surface area contributed by atoms with Crippen LogP contribution in [0.5, 0.6) is 0 Å². The molecule has 0 bridgehead atoms. The van der Waals surface area contributed by atoms with Gasteiger partial charge in [0.25, 0.3) is 0 Å². The van der Waals surface area contributed by atoms with Crippen molar-refractivity contribution in [1.29, 1.82) is 0 Å². The minimum Gasteiger partial charge on any atom is -0.310 e. The highest BCUT2D eigenvalue weighted by Crippen LogP contribution is 2.33. The molecular formula is C14H22FNS. The van der Waals surface area contributed by atoms with Crippen LogP contribution in [0.15, 0.2) is 23.1 Å². The molecule has 3 heteroatoms. The standard InChI is InChI=1S/C14H22FNS/c1-5-10(3)17-14-12(11(4)16-6-2)8-7-9-13(14)15/h7-11,16H,5-6H2,1-4H3. The van der Waals surface area contributed by atoms with Crippen molar-refractivity contribution in [2.24, 2.45) is 0 Å². The maximum absolute atomic E-state index is 13.9. The summed E-state index contributed by atoms with van der Waals surface area (Å²) in [4.78, 5) is 0.801. The lowest BCUT2D eigenvalue weighted by Crippen LogP contribution is -2.19. The molecule has 0 aliphatic rings. The molecule has 0 aliphatic heterocycles. The summed E-state index contributed by atoms with van der Waals surface area (Å²) in [5.74, 6) is -0.0995. The average molecular weight is 255 g/mol. The third kappa shape index (κ3) is 4.00. The predicted octanol–water partition coefficient (Wildman–Crippen LogP) is 4.39. The van der Waals surface area contributed by atoms with E-state index in [1.54, 1.807) is 23.9 Å². The minimum atomic E-state index is -0.0995. The molecule has 1 rings (SSSR count). The van der Waals surface area contributed by atoms with Crippen molar-refractivity contribution in [3.05, 3.63) is 29.6 Å². The SMILES string of the molecule is CCNC(C)c1cccc(F)c1SC(C)CC. The molecule has 0 aromatic heterocycles. The summed E-state index contributed by atoms with van der Waals surface area (Å²) in [6.45, 7) is 9.31. The number of halogens is 1. The van der Waals surface area contributed by atoms with Crippen molar-refractivity contribution < 1.29 is 4.39 Å². The maximum atomic E-state index is 13.9. The normalized spacial score (nSPS) is 14.6. The van der Waals surface area contributed by atoms with Crippen molar-refractivity contribution in [1.82, 2.24) is 5.32 Å². The molecule has 0 fully saturated rings. The van der Waals surface area contributed by atoms with Crippen molar-refractivity contribution in [3.8, 4) is 0 Å². The maximum Gasteiger partial charge on any atom is 0.137 e. The zero-order valence-electron chi connectivity index (χ0n) is 11.1. The Hall–Kier alpha value is -0.540. The van der Waals surface area contributed by atoms with Gasteiger partial charge in [-0.1, -0.05) is 32.9 Å². The second kappa shape index (κ2) is 7.02. The van der Waals surface area contributed by atoms with E-state index in [1.165, 1.54) is 0 Å². The van der Waals surface area contributed by atoms with E-state index in [4.69, 9.17) is 0 Å². The molecule has 0 saturated heterocycles. The fourth-order valence-electron chi connectivity index (χ4n) is 1.69. The van der Waals surface area contributed by atoms with E-state index < -0.39 is 0 Å². The minimum absolute atomic E-state index is 0.0995. The first-order chi connectivity index (χ1) is 8.10. The van der Waals surface area contributed by atoms with Crippen LogP contribution >= 0.6 is 11.8 Å². The molecule has 96 valence electrons. The van der Waals surface area contributed by atoms with Crippen molar-refractivity contribution >= 4 is 11.8 Å². The van der Waals surface area contributed by atoms with Crippen LogP contribution in [0.3, 0.4) is 0 Å². The van der Waals surface area contributed by atoms with Gasteiger partial charge in [-0.25, -0.2) is 4.39 Å². The lowest BCUT2D eigenvalue weighted by molar-refractivity contribution is 0.557. The first kappa shape index (κ1) is 14.5. The fraction of sp³-hybridized carbons (Fsp3) is 0.571. The molecule has 2 unspecified atom stereocenters. The summed E-state index contributed by atoms with van der Waals surface area (Å²) >= 11 is 1.64. The van der Waals surface area contributed by atoms with Crippen LogP contribution in [0, 0.1) is 5.82 Å². The second-order valence-electron chi connectivity index (χ2n) is 4.27. The Morgan fingerprint density at radius 3 is 2.59 bits per heavy atom. The van der Waals surface area contributed by atoms with Crippen LogP contribution in [-0.4, -0.2) is 11.8 Å². The van der Waals surface area contributed by atoms with Gasteiger partial charge >= 0.3 is 0 Å². The molecule has 0 saturated carbocycles. The van der Waals surface area contributed by atoms with Crippen LogP contribution in [0.1, 0.15) is 45.7 Å². The van der Waals surface area contributed by atoms with E-state index in [-0.39, 0.29) is 11.9 Å². The summed E-state index contributed by atoms with van der Waals surface area (Å²) in [5, 5.41) is 3.78. The molecule has 0 heterocycles. The highest BCUT2D eigenvalue weighted by atomic mass is 32.2. The molecule has 1 aromatic carbocycles. The van der Waals surface area contributed by atoms with Crippen LogP contribution in [0.4, 0.5) is 4.39 Å². The number of nitrogens with one attached hydrogen (secondary N) is 1. The third-order valence-electron chi connectivity index (χ3n) is 2.87. The number of rotatable bonds is 6. The third-order valence-corrected chi connectivity index (χ3v) is 4.27. The highest BCUT2D eigenvalue weighted by Gasteiger charge is 2.15. The van der Waals surface area contributed by atoms with Crippen molar-refractivity contribution in [3.63, 3.8) is 0 Å². The highest BCUT2D eigenvalue weighted by molar-refractivity contribution is 8.00. The van der Waals surface area contributed by atoms with Crippen molar-refractivity contribution in [2.45, 2.75) is 50.3 Å². The lowest BCUT2D eigenvalue weighted by atomic mass is 10.1. The number of thioether (sulfide) groups is 1. The molecule has 17 heavy (non-hydrogen) atoms. The molecule has 0 radical (unpaired) electrons. The summed E-state index contributed by atoms with van der Waals surface area (Å²) in [6, 6.07) is 5.55. The fourth-order valence-corrected chi connectivity index (χ4v) is 2.82. The average Bonchev–Trinajstić information content (AvgIpc) is 2.31. The molecule has 1 N–H and O–H groups in total. The van der Waals surface area contributed by atoms with E-state index in [9.17, 15) is 4.39 Å². The van der Waals surface area contributed by atoms with Crippen LogP contribution < -0.4 is 5.32 Å². The van der Waals surface area contributed by atoms with Gasteiger partial charge in [0.2, 0.25) is 0 Å². The second-order valence-corrected chi connectivity index (χ2v) is 5.72. The molecule has 0 aliphatic carbocycles. The topological polar surface area (TPSA) is 12.0 Å². The smallest absolute Gasteiger partial charge is 0.137 e. The van der Waals surface area contributed by atoms with Crippen molar-refractivity contribution in [2.75, 3.05) is 6.54 Å². The zero-order valence-corrected chi connectivity index (χ0v) is 11.9. The first-order valence-corrected chi connectivity index (χ1v) is 7.16. The predicted molar refractivity (Wildman–Crippen MR) is 74.1 cm³/mol. The Balaban J connectivity index is 2.99. The molecule has 0 spiro atoms. The van der Waals surface area contributed by atoms with Crippen LogP contribution in [0.25, 0.3) is 0 Å². The van der Waals surface area contributed by atoms with E-state index in [1.807, 2.05) is 6.07 Å². The van der Waals surface area contributed by atoms with Gasteiger partial charge in [0.1, 0.15) is 5.82 Å². The van der Waals surface area contributed by atoms with Gasteiger partial charge in [0.05, 0.1) is 0 Å². The summed E-state index contributed by atoms with van der Waals surface area (Å²) < 4.78 is 13.9. The summed E-state index contributed by atoms with van der Waals surface area (Å²) in [5.41, 5.74) is 1.07. The summed E-state index contributed by atoms with van der Waals surface area (Å²) in [6.07, 6.45) is 1.05.